The number of hydrogen-bond donors (Lipinski definition) is 1. The van der Waals surface area contributed by atoms with Crippen molar-refractivity contribution in [3.8, 4) is 0 Å². The first kappa shape index (κ1) is 11.1. The fourth-order valence-electron chi connectivity index (χ4n) is 3.14. The van der Waals surface area contributed by atoms with Gasteiger partial charge in [0.2, 0.25) is 0 Å². The van der Waals surface area contributed by atoms with E-state index in [9.17, 15) is 0 Å². The Bertz CT molecular complexity index is 394. The molecule has 2 heterocycles. The zero-order valence-electron chi connectivity index (χ0n) is 10.7. The zero-order valence-corrected chi connectivity index (χ0v) is 10.7. The van der Waals surface area contributed by atoms with Crippen molar-refractivity contribution in [3.05, 3.63) is 29.3 Å². The van der Waals surface area contributed by atoms with Crippen molar-refractivity contribution >= 4 is 5.69 Å². The molecule has 17 heavy (non-hydrogen) atoms. The highest BCUT2D eigenvalue weighted by atomic mass is 15.2. The molecule has 1 aromatic carbocycles. The number of rotatable bonds is 3. The summed E-state index contributed by atoms with van der Waals surface area (Å²) >= 11 is 0. The Morgan fingerprint density at radius 1 is 1.29 bits per heavy atom. The van der Waals surface area contributed by atoms with Crippen LogP contribution >= 0.6 is 0 Å². The second-order valence-electron chi connectivity index (χ2n) is 5.46. The maximum absolute atomic E-state index is 3.43. The third-order valence-corrected chi connectivity index (χ3v) is 4.17. The molecule has 1 atom stereocenters. The van der Waals surface area contributed by atoms with Crippen LogP contribution in [0, 0.1) is 0 Å². The molecule has 0 spiro atoms. The van der Waals surface area contributed by atoms with E-state index in [1.54, 1.807) is 0 Å². The van der Waals surface area contributed by atoms with Crippen LogP contribution in [-0.2, 0) is 12.8 Å². The molecule has 0 bridgehead atoms. The summed E-state index contributed by atoms with van der Waals surface area (Å²) < 4.78 is 0. The van der Waals surface area contributed by atoms with Gasteiger partial charge in [0.25, 0.3) is 0 Å². The lowest BCUT2D eigenvalue weighted by atomic mass is 10.0. The quantitative estimate of drug-likeness (QED) is 0.859. The van der Waals surface area contributed by atoms with Crippen molar-refractivity contribution in [3.63, 3.8) is 0 Å². The number of hydrogen-bond acceptors (Lipinski definition) is 2. The highest BCUT2D eigenvalue weighted by molar-refractivity contribution is 5.56. The lowest BCUT2D eigenvalue weighted by Crippen LogP contribution is -2.31. The number of anilines is 1. The van der Waals surface area contributed by atoms with E-state index in [2.05, 4.69) is 35.3 Å². The third kappa shape index (κ3) is 2.32. The molecule has 1 unspecified atom stereocenters. The van der Waals surface area contributed by atoms with Gasteiger partial charge in [-0.15, -0.1) is 0 Å². The monoisotopic (exact) mass is 230 g/mol. The summed E-state index contributed by atoms with van der Waals surface area (Å²) in [5.41, 5.74) is 4.37. The smallest absolute Gasteiger partial charge is 0.0373 e. The molecule has 2 nitrogen and oxygen atoms in total. The minimum Gasteiger partial charge on any atom is -0.384 e. The molecule has 2 heteroatoms. The van der Waals surface area contributed by atoms with Crippen LogP contribution in [0.1, 0.15) is 30.9 Å². The van der Waals surface area contributed by atoms with Gasteiger partial charge in [0.15, 0.2) is 0 Å². The van der Waals surface area contributed by atoms with Gasteiger partial charge in [-0.3, -0.25) is 0 Å². The second-order valence-corrected chi connectivity index (χ2v) is 5.46. The Kier molecular flexibility index (Phi) is 3.06. The fraction of sp³-hybridized carbons (Fsp3) is 0.600. The van der Waals surface area contributed by atoms with Gasteiger partial charge in [-0.2, -0.15) is 0 Å². The highest BCUT2D eigenvalue weighted by Crippen LogP contribution is 2.24. The number of likely N-dealkylation sites (tertiary alicyclic amines) is 1. The molecule has 1 aromatic rings. The molecule has 0 amide bonds. The Balaban J connectivity index is 1.68. The minimum atomic E-state index is 0.699. The molecule has 2 aliphatic rings. The number of nitrogens with zero attached hydrogens (tertiary/aromatic N) is 1. The third-order valence-electron chi connectivity index (χ3n) is 4.17. The van der Waals surface area contributed by atoms with Gasteiger partial charge in [-0.1, -0.05) is 12.1 Å². The van der Waals surface area contributed by atoms with Gasteiger partial charge in [-0.05, 0) is 62.9 Å². The van der Waals surface area contributed by atoms with Crippen LogP contribution in [0.25, 0.3) is 0 Å². The normalized spacial score (nSPS) is 21.2. The van der Waals surface area contributed by atoms with Crippen molar-refractivity contribution in [1.29, 1.82) is 0 Å². The SMILES string of the molecule is CC(Cc1ccc2c(c1)CCN2)N1CCCC1. The van der Waals surface area contributed by atoms with E-state index in [0.29, 0.717) is 6.04 Å². The first-order valence-electron chi connectivity index (χ1n) is 6.92. The Morgan fingerprint density at radius 3 is 2.94 bits per heavy atom. The molecule has 1 saturated heterocycles. The lowest BCUT2D eigenvalue weighted by molar-refractivity contribution is 0.257. The van der Waals surface area contributed by atoms with Gasteiger partial charge in [-0.25, -0.2) is 0 Å². The van der Waals surface area contributed by atoms with Gasteiger partial charge < -0.3 is 10.2 Å². The van der Waals surface area contributed by atoms with Crippen molar-refractivity contribution in [2.75, 3.05) is 25.0 Å². The van der Waals surface area contributed by atoms with E-state index in [-0.39, 0.29) is 0 Å². The van der Waals surface area contributed by atoms with E-state index in [1.807, 2.05) is 0 Å². The van der Waals surface area contributed by atoms with Crippen LogP contribution in [0.5, 0.6) is 0 Å². The Labute approximate surface area is 104 Å². The van der Waals surface area contributed by atoms with Gasteiger partial charge in [0, 0.05) is 18.3 Å². The van der Waals surface area contributed by atoms with Crippen LogP contribution in [0.3, 0.4) is 0 Å². The highest BCUT2D eigenvalue weighted by Gasteiger charge is 2.18. The van der Waals surface area contributed by atoms with E-state index < -0.39 is 0 Å². The van der Waals surface area contributed by atoms with Crippen LogP contribution in [-0.4, -0.2) is 30.6 Å². The summed E-state index contributed by atoms with van der Waals surface area (Å²) in [6.45, 7) is 6.08. The fourth-order valence-corrected chi connectivity index (χ4v) is 3.14. The molecular weight excluding hydrogens is 208 g/mol. The van der Waals surface area contributed by atoms with Gasteiger partial charge in [0.1, 0.15) is 0 Å². The Morgan fingerprint density at radius 2 is 2.12 bits per heavy atom. The summed E-state index contributed by atoms with van der Waals surface area (Å²) in [7, 11) is 0. The molecule has 3 rings (SSSR count). The minimum absolute atomic E-state index is 0.699. The predicted molar refractivity (Wildman–Crippen MR) is 72.6 cm³/mol. The van der Waals surface area contributed by atoms with E-state index >= 15 is 0 Å². The lowest BCUT2D eigenvalue weighted by Gasteiger charge is -2.23. The van der Waals surface area contributed by atoms with Crippen LogP contribution in [0.2, 0.25) is 0 Å². The van der Waals surface area contributed by atoms with Crippen molar-refractivity contribution in [1.82, 2.24) is 4.90 Å². The molecule has 0 radical (unpaired) electrons. The van der Waals surface area contributed by atoms with Crippen LogP contribution in [0.4, 0.5) is 5.69 Å². The number of benzene rings is 1. The van der Waals surface area contributed by atoms with Gasteiger partial charge >= 0.3 is 0 Å². The zero-order chi connectivity index (χ0) is 11.7. The van der Waals surface area contributed by atoms with Crippen molar-refractivity contribution in [2.24, 2.45) is 0 Å². The van der Waals surface area contributed by atoms with E-state index in [4.69, 9.17) is 0 Å². The van der Waals surface area contributed by atoms with Crippen LogP contribution < -0.4 is 5.32 Å². The summed E-state index contributed by atoms with van der Waals surface area (Å²) in [5.74, 6) is 0. The summed E-state index contributed by atoms with van der Waals surface area (Å²) in [6, 6.07) is 7.66. The topological polar surface area (TPSA) is 15.3 Å². The molecular formula is C15H22N2. The summed E-state index contributed by atoms with van der Waals surface area (Å²) in [5, 5.41) is 3.43. The first-order chi connectivity index (χ1) is 8.33. The Hall–Kier alpha value is -1.02. The maximum Gasteiger partial charge on any atom is 0.0373 e. The van der Waals surface area contributed by atoms with E-state index in [0.717, 1.165) is 6.54 Å². The van der Waals surface area contributed by atoms with Crippen LogP contribution in [0.15, 0.2) is 18.2 Å². The molecule has 2 aliphatic heterocycles. The number of fused-ring (bicyclic) bond motifs is 1. The standard InChI is InChI=1S/C15H22N2/c1-12(17-8-2-3-9-17)10-13-4-5-15-14(11-13)6-7-16-15/h4-5,11-12,16H,2-3,6-10H2,1H3. The largest absolute Gasteiger partial charge is 0.384 e. The van der Waals surface area contributed by atoms with Crippen molar-refractivity contribution < 1.29 is 0 Å². The molecule has 0 aliphatic carbocycles. The first-order valence-corrected chi connectivity index (χ1v) is 6.92. The second kappa shape index (κ2) is 4.69. The van der Waals surface area contributed by atoms with Gasteiger partial charge in [0.05, 0.1) is 0 Å². The average molecular weight is 230 g/mol. The molecule has 92 valence electrons. The van der Waals surface area contributed by atoms with E-state index in [1.165, 1.54) is 55.6 Å². The summed E-state index contributed by atoms with van der Waals surface area (Å²) in [4.78, 5) is 2.63. The molecule has 0 aromatic heterocycles. The average Bonchev–Trinajstić information content (AvgIpc) is 2.99. The van der Waals surface area contributed by atoms with Crippen molar-refractivity contribution in [2.45, 2.75) is 38.6 Å². The summed E-state index contributed by atoms with van der Waals surface area (Å²) in [6.07, 6.45) is 5.17. The molecule has 1 N–H and O–H groups in total. The predicted octanol–water partition coefficient (Wildman–Crippen LogP) is 2.68. The molecule has 0 saturated carbocycles. The maximum atomic E-state index is 3.43. The number of nitrogens with one attached hydrogen (secondary N) is 1. The molecule has 1 fully saturated rings.